The summed E-state index contributed by atoms with van der Waals surface area (Å²) in [6.07, 6.45) is 2.60. The summed E-state index contributed by atoms with van der Waals surface area (Å²) in [5, 5.41) is 3.10. The highest BCUT2D eigenvalue weighted by atomic mass is 16.5. The number of para-hydroxylation sites is 2. The number of carbonyl (C=O) groups is 1. The van der Waals surface area contributed by atoms with Gasteiger partial charge < -0.3 is 14.8 Å². The van der Waals surface area contributed by atoms with Gasteiger partial charge in [-0.15, -0.1) is 0 Å². The van der Waals surface area contributed by atoms with Gasteiger partial charge in [-0.3, -0.25) is 9.79 Å². The van der Waals surface area contributed by atoms with Crippen LogP contribution in [0.1, 0.15) is 37.7 Å². The number of benzene rings is 2. The third-order valence-electron chi connectivity index (χ3n) is 5.30. The average Bonchev–Trinajstić information content (AvgIpc) is 3.59. The molecular weight excluding hydrogens is 366 g/mol. The van der Waals surface area contributed by atoms with Crippen LogP contribution in [0.3, 0.4) is 0 Å². The van der Waals surface area contributed by atoms with Gasteiger partial charge in [0.2, 0.25) is 5.91 Å². The molecule has 1 fully saturated rings. The molecule has 0 spiro atoms. The summed E-state index contributed by atoms with van der Waals surface area (Å²) in [6.45, 7) is 2.07. The first-order valence-corrected chi connectivity index (χ1v) is 9.92. The van der Waals surface area contributed by atoms with Gasteiger partial charge in [0.25, 0.3) is 0 Å². The molecule has 1 atom stereocenters. The van der Waals surface area contributed by atoms with Crippen LogP contribution in [-0.2, 0) is 4.79 Å². The molecule has 1 heterocycles. The first-order valence-electron chi connectivity index (χ1n) is 9.92. The maximum Gasteiger partial charge on any atom is 0.228 e. The fourth-order valence-corrected chi connectivity index (χ4v) is 3.56. The molecule has 0 radical (unpaired) electrons. The predicted molar refractivity (Wildman–Crippen MR) is 114 cm³/mol. The summed E-state index contributed by atoms with van der Waals surface area (Å²) in [7, 11) is 3.23. The Labute approximate surface area is 170 Å². The number of amides is 1. The summed E-state index contributed by atoms with van der Waals surface area (Å²) in [4.78, 5) is 22.4. The fraction of sp³-hybridized carbons (Fsp3) is 0.348. The lowest BCUT2D eigenvalue weighted by Gasteiger charge is -2.22. The number of nitrogens with zero attached hydrogens (tertiary/aromatic N) is 2. The van der Waals surface area contributed by atoms with Crippen molar-refractivity contribution in [1.82, 2.24) is 5.32 Å². The Kier molecular flexibility index (Phi) is 5.34. The zero-order valence-corrected chi connectivity index (χ0v) is 16.9. The lowest BCUT2D eigenvalue weighted by molar-refractivity contribution is -0.120. The monoisotopic (exact) mass is 391 g/mol. The van der Waals surface area contributed by atoms with Crippen LogP contribution in [0.25, 0.3) is 0 Å². The third-order valence-corrected chi connectivity index (χ3v) is 5.30. The van der Waals surface area contributed by atoms with E-state index in [1.807, 2.05) is 42.5 Å². The highest BCUT2D eigenvalue weighted by Crippen LogP contribution is 2.38. The van der Waals surface area contributed by atoms with Crippen molar-refractivity contribution in [1.29, 1.82) is 0 Å². The fourth-order valence-electron chi connectivity index (χ4n) is 3.56. The summed E-state index contributed by atoms with van der Waals surface area (Å²) in [6, 6.07) is 13.5. The highest BCUT2D eigenvalue weighted by Gasteiger charge is 2.34. The number of carbonyl (C=O) groups excluding carboxylic acids is 1. The van der Waals surface area contributed by atoms with Crippen molar-refractivity contribution < 1.29 is 14.3 Å². The van der Waals surface area contributed by atoms with E-state index in [0.717, 1.165) is 41.9 Å². The van der Waals surface area contributed by atoms with Crippen molar-refractivity contribution in [3.8, 4) is 11.5 Å². The number of nitrogens with one attached hydrogen (secondary N) is 1. The van der Waals surface area contributed by atoms with Gasteiger partial charge in [0.05, 0.1) is 31.5 Å². The second kappa shape index (κ2) is 8.07. The van der Waals surface area contributed by atoms with Crippen molar-refractivity contribution >= 4 is 28.8 Å². The van der Waals surface area contributed by atoms with E-state index in [4.69, 9.17) is 19.5 Å². The molecule has 0 bridgehead atoms. The lowest BCUT2D eigenvalue weighted by atomic mass is 9.90. The zero-order valence-electron chi connectivity index (χ0n) is 16.9. The Balaban J connectivity index is 1.84. The quantitative estimate of drug-likeness (QED) is 0.813. The maximum atomic E-state index is 12.6. The summed E-state index contributed by atoms with van der Waals surface area (Å²) >= 11 is 0. The molecule has 1 N–H and O–H groups in total. The normalized spacial score (nSPS) is 18.1. The second-order valence-electron chi connectivity index (χ2n) is 7.25. The molecule has 0 saturated heterocycles. The molecule has 0 aromatic heterocycles. The van der Waals surface area contributed by atoms with Crippen LogP contribution < -0.4 is 14.8 Å². The molecular formula is C23H25N3O3. The van der Waals surface area contributed by atoms with Crippen LogP contribution in [-0.4, -0.2) is 31.7 Å². The maximum absolute atomic E-state index is 12.6. The molecule has 1 saturated carbocycles. The number of ether oxygens (including phenoxy) is 2. The van der Waals surface area contributed by atoms with E-state index in [9.17, 15) is 4.79 Å². The number of amidine groups is 1. The molecule has 2 aromatic rings. The summed E-state index contributed by atoms with van der Waals surface area (Å²) in [5.41, 5.74) is 3.46. The third kappa shape index (κ3) is 3.88. The minimum atomic E-state index is -0.269. The molecule has 29 heavy (non-hydrogen) atoms. The van der Waals surface area contributed by atoms with Crippen LogP contribution in [0, 0.1) is 5.92 Å². The van der Waals surface area contributed by atoms with Crippen molar-refractivity contribution in [2.45, 2.75) is 32.1 Å². The van der Waals surface area contributed by atoms with Crippen LogP contribution in [0.4, 0.5) is 11.4 Å². The summed E-state index contributed by atoms with van der Waals surface area (Å²) in [5.74, 6) is 1.75. The molecule has 6 nitrogen and oxygen atoms in total. The van der Waals surface area contributed by atoms with Crippen molar-refractivity contribution in [3.63, 3.8) is 0 Å². The minimum Gasteiger partial charge on any atom is -0.493 e. The topological polar surface area (TPSA) is 72.3 Å². The molecule has 150 valence electrons. The SMILES string of the molecule is CCC1=Nc2ccccc2N=C(NC(=O)C2CC2)[C@@H]1c1ccc(OC)c(OC)c1. The average molecular weight is 391 g/mol. The zero-order chi connectivity index (χ0) is 20.4. The standard InChI is InChI=1S/C23H25N3O3/c1-4-16-21(15-11-12-19(28-2)20(13-15)29-3)22(26-23(27)14-9-10-14)25-18-8-6-5-7-17(18)24-16/h5-8,11-14,21H,4,9-10H2,1-3H3,(H,25,26,27)/t21-/m1/s1. The first-order chi connectivity index (χ1) is 14.1. The van der Waals surface area contributed by atoms with Crippen LogP contribution in [0.2, 0.25) is 0 Å². The van der Waals surface area contributed by atoms with Crippen molar-refractivity contribution in [2.75, 3.05) is 14.2 Å². The smallest absolute Gasteiger partial charge is 0.228 e. The van der Waals surface area contributed by atoms with Crippen LogP contribution >= 0.6 is 0 Å². The minimum absolute atomic E-state index is 0.0315. The van der Waals surface area contributed by atoms with Crippen LogP contribution in [0.5, 0.6) is 11.5 Å². The Hall–Kier alpha value is -3.15. The molecule has 1 aliphatic carbocycles. The molecule has 2 aromatic carbocycles. The van der Waals surface area contributed by atoms with Gasteiger partial charge >= 0.3 is 0 Å². The number of aliphatic imine (C=N–C) groups is 2. The van der Waals surface area contributed by atoms with Crippen molar-refractivity contribution in [3.05, 3.63) is 48.0 Å². The van der Waals surface area contributed by atoms with Gasteiger partial charge in [0, 0.05) is 11.6 Å². The Bertz CT molecular complexity index is 993. The molecule has 2 aliphatic rings. The van der Waals surface area contributed by atoms with E-state index in [0.29, 0.717) is 17.3 Å². The summed E-state index contributed by atoms with van der Waals surface area (Å²) < 4.78 is 10.9. The van der Waals surface area contributed by atoms with Gasteiger partial charge in [0.1, 0.15) is 5.84 Å². The number of hydrogen-bond acceptors (Lipinski definition) is 5. The van der Waals surface area contributed by atoms with E-state index in [2.05, 4.69) is 12.2 Å². The Morgan fingerprint density at radius 1 is 1.03 bits per heavy atom. The first kappa shape index (κ1) is 19.2. The lowest BCUT2D eigenvalue weighted by Crippen LogP contribution is -2.38. The molecule has 4 rings (SSSR count). The van der Waals surface area contributed by atoms with Crippen molar-refractivity contribution in [2.24, 2.45) is 15.9 Å². The van der Waals surface area contributed by atoms with Gasteiger partial charge in [-0.05, 0) is 49.1 Å². The number of fused-ring (bicyclic) bond motifs is 1. The van der Waals surface area contributed by atoms with E-state index in [-0.39, 0.29) is 17.7 Å². The van der Waals surface area contributed by atoms with Gasteiger partial charge in [0.15, 0.2) is 11.5 Å². The molecule has 0 unspecified atom stereocenters. The molecule has 6 heteroatoms. The second-order valence-corrected chi connectivity index (χ2v) is 7.25. The molecule has 1 aliphatic heterocycles. The Morgan fingerprint density at radius 2 is 1.72 bits per heavy atom. The largest absolute Gasteiger partial charge is 0.493 e. The van der Waals surface area contributed by atoms with E-state index < -0.39 is 0 Å². The van der Waals surface area contributed by atoms with E-state index in [1.54, 1.807) is 14.2 Å². The van der Waals surface area contributed by atoms with Gasteiger partial charge in [-0.1, -0.05) is 25.1 Å². The van der Waals surface area contributed by atoms with Gasteiger partial charge in [-0.2, -0.15) is 0 Å². The highest BCUT2D eigenvalue weighted by molar-refractivity contribution is 6.18. The predicted octanol–water partition coefficient (Wildman–Crippen LogP) is 4.54. The molecule has 1 amide bonds. The van der Waals surface area contributed by atoms with E-state index in [1.165, 1.54) is 0 Å². The number of methoxy groups -OCH3 is 2. The Morgan fingerprint density at radius 3 is 2.34 bits per heavy atom. The van der Waals surface area contributed by atoms with Crippen LogP contribution in [0.15, 0.2) is 52.4 Å². The number of rotatable bonds is 5. The van der Waals surface area contributed by atoms with E-state index >= 15 is 0 Å². The number of hydrogen-bond donors (Lipinski definition) is 1. The van der Waals surface area contributed by atoms with Gasteiger partial charge in [-0.25, -0.2) is 4.99 Å².